The molecule has 20 heavy (non-hydrogen) atoms. The van der Waals surface area contributed by atoms with Crippen molar-refractivity contribution in [3.05, 3.63) is 18.5 Å². The Morgan fingerprint density at radius 3 is 2.75 bits per heavy atom. The molecule has 2 bridgehead atoms. The number of nitrogens with zero attached hydrogens (tertiary/aromatic N) is 6. The van der Waals surface area contributed by atoms with E-state index in [1.165, 1.54) is 25.9 Å². The van der Waals surface area contributed by atoms with Gasteiger partial charge in [0.25, 0.3) is 0 Å². The van der Waals surface area contributed by atoms with E-state index in [2.05, 4.69) is 30.2 Å². The highest BCUT2D eigenvalue weighted by Gasteiger charge is 2.30. The fraction of sp³-hybridized carbons (Fsp3) is 0.538. The van der Waals surface area contributed by atoms with Crippen LogP contribution in [0.15, 0.2) is 18.5 Å². The summed E-state index contributed by atoms with van der Waals surface area (Å²) in [5, 5.41) is 18.4. The molecule has 3 saturated heterocycles. The van der Waals surface area contributed by atoms with Crippen LogP contribution in [0.3, 0.4) is 0 Å². The average molecular weight is 288 g/mol. The smallest absolute Gasteiger partial charge is 0.208 e. The monoisotopic (exact) mass is 288 g/mol. The van der Waals surface area contributed by atoms with E-state index in [0.29, 0.717) is 6.04 Å². The average Bonchev–Trinajstić information content (AvgIpc) is 2.81. The SMILES string of the molecule is c1cc(-c2nnc(N3CCN4CCC3CC4)s2)cnn1. The maximum Gasteiger partial charge on any atom is 0.208 e. The minimum atomic E-state index is 0.630. The maximum absolute atomic E-state index is 4.40. The van der Waals surface area contributed by atoms with Crippen molar-refractivity contribution in [2.75, 3.05) is 31.1 Å². The van der Waals surface area contributed by atoms with Gasteiger partial charge in [-0.3, -0.25) is 0 Å². The summed E-state index contributed by atoms with van der Waals surface area (Å²) >= 11 is 1.66. The predicted molar refractivity (Wildman–Crippen MR) is 77.7 cm³/mol. The molecule has 0 atom stereocenters. The molecule has 0 aromatic carbocycles. The number of hydrogen-bond donors (Lipinski definition) is 0. The van der Waals surface area contributed by atoms with Crippen molar-refractivity contribution in [1.82, 2.24) is 25.3 Å². The number of fused-ring (bicyclic) bond motifs is 4. The molecule has 0 saturated carbocycles. The van der Waals surface area contributed by atoms with Crippen LogP contribution in [-0.2, 0) is 0 Å². The van der Waals surface area contributed by atoms with Crippen LogP contribution < -0.4 is 4.90 Å². The van der Waals surface area contributed by atoms with Crippen LogP contribution in [0.1, 0.15) is 12.8 Å². The molecule has 5 rings (SSSR count). The van der Waals surface area contributed by atoms with Gasteiger partial charge >= 0.3 is 0 Å². The zero-order valence-electron chi connectivity index (χ0n) is 11.1. The van der Waals surface area contributed by atoms with E-state index >= 15 is 0 Å². The molecule has 3 fully saturated rings. The van der Waals surface area contributed by atoms with Gasteiger partial charge in [0, 0.05) is 37.8 Å². The Morgan fingerprint density at radius 2 is 1.95 bits per heavy atom. The molecule has 2 aromatic rings. The quantitative estimate of drug-likeness (QED) is 0.829. The van der Waals surface area contributed by atoms with Crippen LogP contribution in [0.5, 0.6) is 0 Å². The molecule has 6 nitrogen and oxygen atoms in total. The second-order valence-corrected chi connectivity index (χ2v) is 6.24. The van der Waals surface area contributed by atoms with Gasteiger partial charge < -0.3 is 9.80 Å². The number of hydrogen-bond acceptors (Lipinski definition) is 7. The second-order valence-electron chi connectivity index (χ2n) is 5.29. The lowest BCUT2D eigenvalue weighted by molar-refractivity contribution is 0.250. The molecule has 3 aliphatic heterocycles. The Labute approximate surface area is 121 Å². The van der Waals surface area contributed by atoms with Crippen molar-refractivity contribution in [1.29, 1.82) is 0 Å². The fourth-order valence-corrected chi connectivity index (χ4v) is 3.94. The Kier molecular flexibility index (Phi) is 3.08. The lowest BCUT2D eigenvalue weighted by Crippen LogP contribution is -2.37. The van der Waals surface area contributed by atoms with E-state index in [1.807, 2.05) is 6.07 Å². The summed E-state index contributed by atoms with van der Waals surface area (Å²) in [5.74, 6) is 0. The molecule has 0 spiro atoms. The highest BCUT2D eigenvalue weighted by Crippen LogP contribution is 2.32. The summed E-state index contributed by atoms with van der Waals surface area (Å²) in [6.45, 7) is 4.65. The Morgan fingerprint density at radius 1 is 1.05 bits per heavy atom. The van der Waals surface area contributed by atoms with Crippen molar-refractivity contribution < 1.29 is 0 Å². The molecule has 0 radical (unpaired) electrons. The predicted octanol–water partition coefficient (Wildman–Crippen LogP) is 1.28. The second kappa shape index (κ2) is 5.06. The van der Waals surface area contributed by atoms with Crippen LogP contribution in [0.25, 0.3) is 10.6 Å². The summed E-state index contributed by atoms with van der Waals surface area (Å²) in [5.41, 5.74) is 0.992. The Hall–Kier alpha value is -1.60. The molecule has 2 aromatic heterocycles. The topological polar surface area (TPSA) is 58.0 Å². The standard InChI is InChI=1S/C13H16N6S/c1-4-14-15-9-10(1)12-16-17-13(20-12)19-8-7-18-5-2-11(19)3-6-18/h1,4,9,11H,2-3,5-8H2. The maximum atomic E-state index is 4.40. The lowest BCUT2D eigenvalue weighted by Gasteiger charge is -2.30. The van der Waals surface area contributed by atoms with Crippen LogP contribution in [0.2, 0.25) is 0 Å². The van der Waals surface area contributed by atoms with E-state index in [-0.39, 0.29) is 0 Å². The molecular formula is C13H16N6S. The summed E-state index contributed by atoms with van der Waals surface area (Å²) in [6, 6.07) is 2.56. The van der Waals surface area contributed by atoms with Crippen molar-refractivity contribution in [2.24, 2.45) is 0 Å². The third-order valence-corrected chi connectivity index (χ3v) is 5.16. The third kappa shape index (κ3) is 2.16. The van der Waals surface area contributed by atoms with Gasteiger partial charge in [-0.25, -0.2) is 0 Å². The van der Waals surface area contributed by atoms with E-state index in [1.54, 1.807) is 23.7 Å². The Balaban J connectivity index is 1.61. The first-order valence-corrected chi connectivity index (χ1v) is 7.81. The van der Waals surface area contributed by atoms with Crippen molar-refractivity contribution in [3.8, 4) is 10.6 Å². The summed E-state index contributed by atoms with van der Waals surface area (Å²) in [4.78, 5) is 4.99. The van der Waals surface area contributed by atoms with Gasteiger partial charge in [0.05, 0.1) is 12.4 Å². The number of rotatable bonds is 2. The van der Waals surface area contributed by atoms with E-state index in [0.717, 1.165) is 28.8 Å². The highest BCUT2D eigenvalue weighted by atomic mass is 32.1. The van der Waals surface area contributed by atoms with Gasteiger partial charge in [-0.15, -0.1) is 10.2 Å². The first kappa shape index (κ1) is 12.2. The first-order valence-electron chi connectivity index (χ1n) is 7.00. The zero-order valence-corrected chi connectivity index (χ0v) is 12.0. The van der Waals surface area contributed by atoms with Gasteiger partial charge in [0.2, 0.25) is 5.13 Å². The molecule has 0 unspecified atom stereocenters. The Bertz CT molecular complexity index is 578. The van der Waals surface area contributed by atoms with Crippen LogP contribution in [0, 0.1) is 0 Å². The fourth-order valence-electron chi connectivity index (χ4n) is 3.00. The van der Waals surface area contributed by atoms with E-state index in [4.69, 9.17) is 0 Å². The number of aromatic nitrogens is 4. The minimum absolute atomic E-state index is 0.630. The van der Waals surface area contributed by atoms with Gasteiger partial charge in [-0.2, -0.15) is 10.2 Å². The van der Waals surface area contributed by atoms with Gasteiger partial charge in [0.15, 0.2) is 5.01 Å². The first-order chi connectivity index (χ1) is 9.90. The number of anilines is 1. The minimum Gasteiger partial charge on any atom is -0.342 e. The van der Waals surface area contributed by atoms with E-state index < -0.39 is 0 Å². The van der Waals surface area contributed by atoms with E-state index in [9.17, 15) is 0 Å². The molecule has 104 valence electrons. The molecule has 0 N–H and O–H groups in total. The zero-order chi connectivity index (χ0) is 13.4. The lowest BCUT2D eigenvalue weighted by atomic mass is 10.1. The normalized spacial score (nSPS) is 25.7. The molecule has 0 amide bonds. The third-order valence-electron chi connectivity index (χ3n) is 4.15. The molecular weight excluding hydrogens is 272 g/mol. The largest absolute Gasteiger partial charge is 0.342 e. The van der Waals surface area contributed by atoms with Gasteiger partial charge in [-0.05, 0) is 18.9 Å². The number of piperidine rings is 1. The van der Waals surface area contributed by atoms with Gasteiger partial charge in [0.1, 0.15) is 0 Å². The van der Waals surface area contributed by atoms with Crippen LogP contribution in [0.4, 0.5) is 5.13 Å². The summed E-state index contributed by atoms with van der Waals surface area (Å²) < 4.78 is 0. The van der Waals surface area contributed by atoms with Crippen molar-refractivity contribution in [2.45, 2.75) is 18.9 Å². The van der Waals surface area contributed by atoms with Crippen LogP contribution in [-0.4, -0.2) is 57.5 Å². The summed E-state index contributed by atoms with van der Waals surface area (Å²) in [7, 11) is 0. The summed E-state index contributed by atoms with van der Waals surface area (Å²) in [6.07, 6.45) is 5.92. The molecule has 3 aliphatic rings. The molecule has 7 heteroatoms. The van der Waals surface area contributed by atoms with Gasteiger partial charge in [-0.1, -0.05) is 11.3 Å². The molecule has 0 aliphatic carbocycles. The van der Waals surface area contributed by atoms with Crippen LogP contribution >= 0.6 is 11.3 Å². The van der Waals surface area contributed by atoms with Crippen molar-refractivity contribution >= 4 is 16.5 Å². The highest BCUT2D eigenvalue weighted by molar-refractivity contribution is 7.18. The van der Waals surface area contributed by atoms with Crippen molar-refractivity contribution in [3.63, 3.8) is 0 Å². The molecule has 5 heterocycles.